The van der Waals surface area contributed by atoms with E-state index >= 15 is 0 Å². The maximum absolute atomic E-state index is 11.0. The van der Waals surface area contributed by atoms with Gasteiger partial charge in [0.25, 0.3) is 0 Å². The van der Waals surface area contributed by atoms with Gasteiger partial charge in [-0.05, 0) is 19.1 Å². The molecule has 1 N–H and O–H groups in total. The molecule has 5 nitrogen and oxygen atoms in total. The highest BCUT2D eigenvalue weighted by molar-refractivity contribution is 5.87. The van der Waals surface area contributed by atoms with Crippen molar-refractivity contribution in [2.24, 2.45) is 0 Å². The lowest BCUT2D eigenvalue weighted by Gasteiger charge is -2.04. The van der Waals surface area contributed by atoms with Crippen LogP contribution < -0.4 is 4.74 Å². The van der Waals surface area contributed by atoms with E-state index < -0.39 is 5.97 Å². The number of carboxylic acid groups (broad SMARTS) is 1. The van der Waals surface area contributed by atoms with Gasteiger partial charge in [-0.15, -0.1) is 0 Å². The summed E-state index contributed by atoms with van der Waals surface area (Å²) in [5.41, 5.74) is 1.39. The third kappa shape index (κ3) is 1.32. The Balaban J connectivity index is 2.87. The topological polar surface area (TPSA) is 63.8 Å². The van der Waals surface area contributed by atoms with Gasteiger partial charge in [-0.25, -0.2) is 9.78 Å². The van der Waals surface area contributed by atoms with Crippen LogP contribution in [0.25, 0.3) is 5.65 Å². The van der Waals surface area contributed by atoms with Gasteiger partial charge in [0.2, 0.25) is 5.88 Å². The summed E-state index contributed by atoms with van der Waals surface area (Å²) < 4.78 is 6.61. The average molecular weight is 206 g/mol. The number of aromatic carboxylic acids is 1. The molecule has 2 aromatic rings. The van der Waals surface area contributed by atoms with Gasteiger partial charge >= 0.3 is 5.97 Å². The molecule has 0 radical (unpaired) electrons. The lowest BCUT2D eigenvalue weighted by molar-refractivity contribution is 0.0687. The first-order valence-electron chi connectivity index (χ1n) is 4.40. The molecule has 0 fully saturated rings. The molecule has 0 bridgehead atoms. The fourth-order valence-corrected chi connectivity index (χ4v) is 1.59. The smallest absolute Gasteiger partial charge is 0.353 e. The molecule has 0 amide bonds. The number of methoxy groups -OCH3 is 1. The van der Waals surface area contributed by atoms with Gasteiger partial charge in [0, 0.05) is 0 Å². The van der Waals surface area contributed by atoms with Gasteiger partial charge in [-0.3, -0.25) is 4.40 Å². The fraction of sp³-hybridized carbons (Fsp3) is 0.200. The third-order valence-corrected chi connectivity index (χ3v) is 2.18. The SMILES string of the molecule is COc1c(C)nc2cccc(C(=O)O)n12. The summed E-state index contributed by atoms with van der Waals surface area (Å²) in [6.45, 7) is 1.78. The first-order chi connectivity index (χ1) is 7.15. The molecule has 0 spiro atoms. The predicted octanol–water partition coefficient (Wildman–Crippen LogP) is 1.35. The van der Waals surface area contributed by atoms with Crippen molar-refractivity contribution in [3.8, 4) is 5.88 Å². The zero-order valence-corrected chi connectivity index (χ0v) is 8.39. The van der Waals surface area contributed by atoms with E-state index in [2.05, 4.69) is 4.98 Å². The minimum Gasteiger partial charge on any atom is -0.481 e. The number of carbonyl (C=O) groups is 1. The Labute approximate surface area is 85.9 Å². The van der Waals surface area contributed by atoms with Crippen molar-refractivity contribution in [2.45, 2.75) is 6.92 Å². The number of pyridine rings is 1. The zero-order valence-electron chi connectivity index (χ0n) is 8.39. The van der Waals surface area contributed by atoms with Crippen molar-refractivity contribution < 1.29 is 14.6 Å². The second-order valence-electron chi connectivity index (χ2n) is 3.12. The average Bonchev–Trinajstić information content (AvgIpc) is 2.52. The molecule has 0 saturated heterocycles. The van der Waals surface area contributed by atoms with Crippen LogP contribution in [0.5, 0.6) is 5.88 Å². The monoisotopic (exact) mass is 206 g/mol. The number of aryl methyl sites for hydroxylation is 1. The second kappa shape index (κ2) is 3.27. The summed E-state index contributed by atoms with van der Waals surface area (Å²) in [5.74, 6) is -0.542. The van der Waals surface area contributed by atoms with Crippen LogP contribution in [0.4, 0.5) is 0 Å². The Hall–Kier alpha value is -2.04. The van der Waals surface area contributed by atoms with Gasteiger partial charge in [0.1, 0.15) is 17.0 Å². The van der Waals surface area contributed by atoms with Gasteiger partial charge < -0.3 is 9.84 Å². The highest BCUT2D eigenvalue weighted by Gasteiger charge is 2.15. The van der Waals surface area contributed by atoms with Crippen LogP contribution in [0, 0.1) is 6.92 Å². The minimum atomic E-state index is -1.00. The van der Waals surface area contributed by atoms with Crippen LogP contribution in [0.1, 0.15) is 16.2 Å². The molecule has 78 valence electrons. The minimum absolute atomic E-state index is 0.143. The highest BCUT2D eigenvalue weighted by Crippen LogP contribution is 2.21. The van der Waals surface area contributed by atoms with E-state index in [0.717, 1.165) is 0 Å². The number of nitrogens with zero attached hydrogens (tertiary/aromatic N) is 2. The van der Waals surface area contributed by atoms with Gasteiger partial charge in [-0.1, -0.05) is 6.07 Å². The highest BCUT2D eigenvalue weighted by atomic mass is 16.5. The number of rotatable bonds is 2. The molecule has 0 aliphatic rings. The van der Waals surface area contributed by atoms with E-state index in [1.165, 1.54) is 17.6 Å². The fourth-order valence-electron chi connectivity index (χ4n) is 1.59. The number of aromatic nitrogens is 2. The molecule has 0 unspecified atom stereocenters. The van der Waals surface area contributed by atoms with Crippen molar-refractivity contribution in [3.05, 3.63) is 29.6 Å². The number of hydrogen-bond donors (Lipinski definition) is 1. The van der Waals surface area contributed by atoms with E-state index in [9.17, 15) is 4.79 Å². The van der Waals surface area contributed by atoms with Crippen LogP contribution >= 0.6 is 0 Å². The lowest BCUT2D eigenvalue weighted by Crippen LogP contribution is -2.05. The number of hydrogen-bond acceptors (Lipinski definition) is 3. The Morgan fingerprint density at radius 1 is 1.53 bits per heavy atom. The van der Waals surface area contributed by atoms with E-state index in [1.54, 1.807) is 19.1 Å². The number of carboxylic acids is 1. The molecular formula is C10H10N2O3. The summed E-state index contributed by atoms with van der Waals surface area (Å²) in [5, 5.41) is 9.01. The van der Waals surface area contributed by atoms with Crippen molar-refractivity contribution in [3.63, 3.8) is 0 Å². The van der Waals surface area contributed by atoms with Crippen LogP contribution in [-0.4, -0.2) is 27.6 Å². The summed E-state index contributed by atoms with van der Waals surface area (Å²) in [6, 6.07) is 4.91. The molecule has 0 atom stereocenters. The molecule has 0 aliphatic heterocycles. The van der Waals surface area contributed by atoms with E-state index in [4.69, 9.17) is 9.84 Å². The van der Waals surface area contributed by atoms with Crippen LogP contribution in [0.15, 0.2) is 18.2 Å². The molecule has 2 heterocycles. The van der Waals surface area contributed by atoms with Gasteiger partial charge in [0.15, 0.2) is 0 Å². The zero-order chi connectivity index (χ0) is 11.0. The van der Waals surface area contributed by atoms with Crippen molar-refractivity contribution in [1.82, 2.24) is 9.38 Å². The number of ether oxygens (including phenoxy) is 1. The first-order valence-corrected chi connectivity index (χ1v) is 4.40. The Morgan fingerprint density at radius 2 is 2.27 bits per heavy atom. The maximum Gasteiger partial charge on any atom is 0.353 e. The number of imidazole rings is 1. The van der Waals surface area contributed by atoms with E-state index in [-0.39, 0.29) is 5.69 Å². The molecule has 0 saturated carbocycles. The molecule has 0 aromatic carbocycles. The quantitative estimate of drug-likeness (QED) is 0.805. The Kier molecular flexibility index (Phi) is 2.07. The van der Waals surface area contributed by atoms with E-state index in [1.807, 2.05) is 0 Å². The summed E-state index contributed by atoms with van der Waals surface area (Å²) >= 11 is 0. The predicted molar refractivity (Wildman–Crippen MR) is 53.4 cm³/mol. The third-order valence-electron chi connectivity index (χ3n) is 2.18. The van der Waals surface area contributed by atoms with Crippen LogP contribution in [-0.2, 0) is 0 Å². The molecule has 0 aliphatic carbocycles. The number of fused-ring (bicyclic) bond motifs is 1. The van der Waals surface area contributed by atoms with Gasteiger partial charge in [-0.2, -0.15) is 0 Å². The first kappa shape index (κ1) is 9.51. The van der Waals surface area contributed by atoms with Crippen LogP contribution in [0.2, 0.25) is 0 Å². The van der Waals surface area contributed by atoms with Crippen LogP contribution in [0.3, 0.4) is 0 Å². The molecule has 2 rings (SSSR count). The standard InChI is InChI=1S/C10H10N2O3/c1-6-9(15-2)12-7(10(13)14)4-3-5-8(12)11-6/h3-5H,1-2H3,(H,13,14). The van der Waals surface area contributed by atoms with Crippen molar-refractivity contribution in [1.29, 1.82) is 0 Å². The van der Waals surface area contributed by atoms with Gasteiger partial charge in [0.05, 0.1) is 7.11 Å². The maximum atomic E-state index is 11.0. The lowest BCUT2D eigenvalue weighted by atomic mass is 10.3. The van der Waals surface area contributed by atoms with Crippen molar-refractivity contribution >= 4 is 11.6 Å². The Bertz CT molecular complexity index is 531. The molecule has 15 heavy (non-hydrogen) atoms. The normalized spacial score (nSPS) is 10.5. The summed E-state index contributed by atoms with van der Waals surface area (Å²) in [6.07, 6.45) is 0. The van der Waals surface area contributed by atoms with E-state index in [0.29, 0.717) is 17.2 Å². The van der Waals surface area contributed by atoms with Crippen molar-refractivity contribution in [2.75, 3.05) is 7.11 Å². The molecular weight excluding hydrogens is 196 g/mol. The second-order valence-corrected chi connectivity index (χ2v) is 3.12. The summed E-state index contributed by atoms with van der Waals surface area (Å²) in [7, 11) is 1.50. The largest absolute Gasteiger partial charge is 0.481 e. The Morgan fingerprint density at radius 3 is 2.87 bits per heavy atom. The molecule has 5 heteroatoms. The molecule has 2 aromatic heterocycles. The summed E-state index contributed by atoms with van der Waals surface area (Å²) in [4.78, 5) is 15.2.